The summed E-state index contributed by atoms with van der Waals surface area (Å²) in [6.07, 6.45) is 1.73. The van der Waals surface area contributed by atoms with Crippen molar-refractivity contribution in [1.82, 2.24) is 15.2 Å². The van der Waals surface area contributed by atoms with Crippen LogP contribution in [0.4, 0.5) is 10.5 Å². The fourth-order valence-electron chi connectivity index (χ4n) is 2.84. The number of pyridine rings is 1. The Kier molecular flexibility index (Phi) is 5.98. The van der Waals surface area contributed by atoms with Gasteiger partial charge in [0, 0.05) is 31.5 Å². The lowest BCUT2D eigenvalue weighted by atomic mass is 10.1. The zero-order chi connectivity index (χ0) is 17.5. The summed E-state index contributed by atoms with van der Waals surface area (Å²) in [4.78, 5) is 19.0. The van der Waals surface area contributed by atoms with Crippen LogP contribution in [-0.4, -0.2) is 42.2 Å². The molecule has 1 atom stereocenters. The highest BCUT2D eigenvalue weighted by Crippen LogP contribution is 2.18. The molecule has 1 aliphatic heterocycles. The number of aromatic nitrogens is 1. The van der Waals surface area contributed by atoms with E-state index in [9.17, 15) is 4.79 Å². The first-order chi connectivity index (χ1) is 12.2. The highest BCUT2D eigenvalue weighted by Gasteiger charge is 2.15. The van der Waals surface area contributed by atoms with Crippen molar-refractivity contribution >= 4 is 11.7 Å². The average Bonchev–Trinajstić information content (AvgIpc) is 2.65. The second-order valence-electron chi connectivity index (χ2n) is 6.12. The molecule has 1 aromatic heterocycles. The monoisotopic (exact) mass is 340 g/mol. The molecule has 0 radical (unpaired) electrons. The summed E-state index contributed by atoms with van der Waals surface area (Å²) in [5.41, 5.74) is 2.77. The fraction of sp³-hybridized carbons (Fsp3) is 0.368. The van der Waals surface area contributed by atoms with Gasteiger partial charge in [0.05, 0.1) is 24.9 Å². The average molecular weight is 340 g/mol. The Labute approximate surface area is 148 Å². The van der Waals surface area contributed by atoms with Crippen LogP contribution in [-0.2, 0) is 11.3 Å². The molecule has 2 heterocycles. The van der Waals surface area contributed by atoms with E-state index in [1.54, 1.807) is 6.20 Å². The summed E-state index contributed by atoms with van der Waals surface area (Å²) in [5.74, 6) is 0. The van der Waals surface area contributed by atoms with Gasteiger partial charge in [-0.2, -0.15) is 0 Å². The van der Waals surface area contributed by atoms with Gasteiger partial charge in [-0.05, 0) is 30.7 Å². The lowest BCUT2D eigenvalue weighted by Crippen LogP contribution is -2.36. The molecule has 2 N–H and O–H groups in total. The maximum atomic E-state index is 12.4. The van der Waals surface area contributed by atoms with Crippen molar-refractivity contribution in [2.45, 2.75) is 19.5 Å². The molecule has 3 rings (SSSR count). The SMILES string of the molecule is C[C@H](NC(=O)Nc1ccccc1CN1CCOCC1)c1ccccn1. The van der Waals surface area contributed by atoms with Crippen molar-refractivity contribution in [3.63, 3.8) is 0 Å². The molecule has 2 amide bonds. The third-order valence-corrected chi connectivity index (χ3v) is 4.24. The molecule has 1 saturated heterocycles. The minimum atomic E-state index is -0.229. The van der Waals surface area contributed by atoms with Gasteiger partial charge in [-0.1, -0.05) is 24.3 Å². The van der Waals surface area contributed by atoms with E-state index < -0.39 is 0 Å². The van der Waals surface area contributed by atoms with Gasteiger partial charge in [0.1, 0.15) is 0 Å². The molecular formula is C19H24N4O2. The predicted molar refractivity (Wildman–Crippen MR) is 97.3 cm³/mol. The Morgan fingerprint density at radius 3 is 2.72 bits per heavy atom. The molecule has 0 unspecified atom stereocenters. The smallest absolute Gasteiger partial charge is 0.319 e. The minimum absolute atomic E-state index is 0.160. The van der Waals surface area contributed by atoms with E-state index in [0.29, 0.717) is 0 Å². The molecule has 1 fully saturated rings. The van der Waals surface area contributed by atoms with Gasteiger partial charge < -0.3 is 15.4 Å². The largest absolute Gasteiger partial charge is 0.379 e. The number of nitrogens with zero attached hydrogens (tertiary/aromatic N) is 2. The fourth-order valence-corrected chi connectivity index (χ4v) is 2.84. The van der Waals surface area contributed by atoms with Crippen LogP contribution >= 0.6 is 0 Å². The van der Waals surface area contributed by atoms with Crippen molar-refractivity contribution in [2.75, 3.05) is 31.6 Å². The standard InChI is InChI=1S/C19H24N4O2/c1-15(17-7-4-5-9-20-17)21-19(24)22-18-8-3-2-6-16(18)14-23-10-12-25-13-11-23/h2-9,15H,10-14H2,1H3,(H2,21,22,24)/t15-/m0/s1. The molecule has 132 valence electrons. The van der Waals surface area contributed by atoms with Gasteiger partial charge in [-0.15, -0.1) is 0 Å². The summed E-state index contributed by atoms with van der Waals surface area (Å²) in [5, 5.41) is 5.89. The molecule has 25 heavy (non-hydrogen) atoms. The number of rotatable bonds is 5. The number of morpholine rings is 1. The molecular weight excluding hydrogens is 316 g/mol. The summed E-state index contributed by atoms with van der Waals surface area (Å²) < 4.78 is 5.39. The molecule has 1 aliphatic rings. The second kappa shape index (κ2) is 8.60. The van der Waals surface area contributed by atoms with Crippen molar-refractivity contribution in [3.8, 4) is 0 Å². The normalized spacial score (nSPS) is 16.2. The van der Waals surface area contributed by atoms with Crippen LogP contribution < -0.4 is 10.6 Å². The van der Waals surface area contributed by atoms with Crippen LogP contribution in [0.3, 0.4) is 0 Å². The van der Waals surface area contributed by atoms with E-state index in [4.69, 9.17) is 4.74 Å². The second-order valence-corrected chi connectivity index (χ2v) is 6.12. The number of hydrogen-bond acceptors (Lipinski definition) is 4. The van der Waals surface area contributed by atoms with Gasteiger partial charge in [-0.25, -0.2) is 4.79 Å². The van der Waals surface area contributed by atoms with Crippen molar-refractivity contribution in [1.29, 1.82) is 0 Å². The van der Waals surface area contributed by atoms with Crippen LogP contribution in [0.25, 0.3) is 0 Å². The van der Waals surface area contributed by atoms with E-state index in [0.717, 1.165) is 49.8 Å². The van der Waals surface area contributed by atoms with Crippen LogP contribution in [0.1, 0.15) is 24.2 Å². The molecule has 0 saturated carbocycles. The van der Waals surface area contributed by atoms with Crippen LogP contribution in [0.2, 0.25) is 0 Å². The van der Waals surface area contributed by atoms with Crippen LogP contribution in [0, 0.1) is 0 Å². The number of benzene rings is 1. The van der Waals surface area contributed by atoms with Crippen molar-refractivity contribution < 1.29 is 9.53 Å². The van der Waals surface area contributed by atoms with Gasteiger partial charge in [0.2, 0.25) is 0 Å². The number of carbonyl (C=O) groups is 1. The first-order valence-electron chi connectivity index (χ1n) is 8.59. The zero-order valence-electron chi connectivity index (χ0n) is 14.4. The maximum Gasteiger partial charge on any atom is 0.319 e. The summed E-state index contributed by atoms with van der Waals surface area (Å²) in [7, 11) is 0. The number of ether oxygens (including phenoxy) is 1. The van der Waals surface area contributed by atoms with Gasteiger partial charge in [-0.3, -0.25) is 9.88 Å². The Bertz CT molecular complexity index is 687. The third kappa shape index (κ3) is 5.01. The van der Waals surface area contributed by atoms with Gasteiger partial charge in [0.15, 0.2) is 0 Å². The maximum absolute atomic E-state index is 12.4. The molecule has 1 aromatic carbocycles. The highest BCUT2D eigenvalue weighted by atomic mass is 16.5. The van der Waals surface area contributed by atoms with E-state index in [1.807, 2.05) is 49.4 Å². The Morgan fingerprint density at radius 2 is 1.96 bits per heavy atom. The zero-order valence-corrected chi connectivity index (χ0v) is 14.4. The van der Waals surface area contributed by atoms with Crippen LogP contribution in [0.15, 0.2) is 48.7 Å². The number of anilines is 1. The number of carbonyl (C=O) groups excluding carboxylic acids is 1. The Balaban J connectivity index is 1.61. The van der Waals surface area contributed by atoms with Gasteiger partial charge >= 0.3 is 6.03 Å². The van der Waals surface area contributed by atoms with Gasteiger partial charge in [0.25, 0.3) is 0 Å². The van der Waals surface area contributed by atoms with Crippen LogP contribution in [0.5, 0.6) is 0 Å². The Morgan fingerprint density at radius 1 is 1.20 bits per heavy atom. The number of nitrogens with one attached hydrogen (secondary N) is 2. The first-order valence-corrected chi connectivity index (χ1v) is 8.59. The minimum Gasteiger partial charge on any atom is -0.379 e. The Hall–Kier alpha value is -2.44. The van der Waals surface area contributed by atoms with E-state index in [-0.39, 0.29) is 12.1 Å². The summed E-state index contributed by atoms with van der Waals surface area (Å²) in [6, 6.07) is 13.2. The summed E-state index contributed by atoms with van der Waals surface area (Å²) in [6.45, 7) is 6.07. The van der Waals surface area contributed by atoms with E-state index in [1.165, 1.54) is 0 Å². The molecule has 0 aliphatic carbocycles. The first kappa shape index (κ1) is 17.4. The quantitative estimate of drug-likeness (QED) is 0.878. The molecule has 2 aromatic rings. The molecule has 0 spiro atoms. The highest BCUT2D eigenvalue weighted by molar-refractivity contribution is 5.90. The number of urea groups is 1. The lowest BCUT2D eigenvalue weighted by Gasteiger charge is -2.27. The molecule has 0 bridgehead atoms. The lowest BCUT2D eigenvalue weighted by molar-refractivity contribution is 0.0343. The summed E-state index contributed by atoms with van der Waals surface area (Å²) >= 11 is 0. The number of amides is 2. The topological polar surface area (TPSA) is 66.5 Å². The van der Waals surface area contributed by atoms with Crippen molar-refractivity contribution in [3.05, 3.63) is 59.9 Å². The van der Waals surface area contributed by atoms with E-state index >= 15 is 0 Å². The molecule has 6 heteroatoms. The predicted octanol–water partition coefficient (Wildman–Crippen LogP) is 2.80. The van der Waals surface area contributed by atoms with Crippen molar-refractivity contribution in [2.24, 2.45) is 0 Å². The molecule has 6 nitrogen and oxygen atoms in total. The number of hydrogen-bond donors (Lipinski definition) is 2. The number of para-hydroxylation sites is 1. The third-order valence-electron chi connectivity index (χ3n) is 4.24. The van der Waals surface area contributed by atoms with E-state index in [2.05, 4.69) is 20.5 Å².